The number of nitrogens with one attached hydrogen (secondary N) is 1. The lowest BCUT2D eigenvalue weighted by Gasteiger charge is -2.26. The van der Waals surface area contributed by atoms with E-state index in [4.69, 9.17) is 18.9 Å². The first-order valence-electron chi connectivity index (χ1n) is 10.2. The number of hydrogen-bond acceptors (Lipinski definition) is 7. The van der Waals surface area contributed by atoms with Crippen LogP contribution in [-0.2, 0) is 9.59 Å². The van der Waals surface area contributed by atoms with Gasteiger partial charge in [-0.15, -0.1) is 0 Å². The highest BCUT2D eigenvalue weighted by molar-refractivity contribution is 14.1. The molecule has 1 saturated heterocycles. The monoisotopic (exact) mass is 564 g/mol. The van der Waals surface area contributed by atoms with Gasteiger partial charge in [0, 0.05) is 6.07 Å². The van der Waals surface area contributed by atoms with Gasteiger partial charge in [0.1, 0.15) is 5.57 Å². The fraction of sp³-hybridized carbons (Fsp3) is 0.261. The Bertz CT molecular complexity index is 1180. The summed E-state index contributed by atoms with van der Waals surface area (Å²) in [7, 11) is 1.52. The second-order valence-electron chi connectivity index (χ2n) is 7.37. The Hall–Kier alpha value is -3.28. The van der Waals surface area contributed by atoms with E-state index in [-0.39, 0.29) is 24.2 Å². The Morgan fingerprint density at radius 1 is 1.18 bits per heavy atom. The molecule has 0 bridgehead atoms. The first-order chi connectivity index (χ1) is 15.8. The van der Waals surface area contributed by atoms with Gasteiger partial charge in [0.2, 0.25) is 6.79 Å². The Kier molecular flexibility index (Phi) is 6.45. The molecule has 4 amide bonds. The maximum Gasteiger partial charge on any atom is 0.335 e. The van der Waals surface area contributed by atoms with Crippen LogP contribution in [0, 0.1) is 3.57 Å². The van der Waals surface area contributed by atoms with Crippen LogP contribution in [0.15, 0.2) is 35.9 Å². The van der Waals surface area contributed by atoms with Crippen LogP contribution in [0.3, 0.4) is 0 Å². The van der Waals surface area contributed by atoms with Crippen LogP contribution in [-0.4, -0.2) is 37.9 Å². The largest absolute Gasteiger partial charge is 0.493 e. The molecule has 2 aliphatic heterocycles. The minimum Gasteiger partial charge on any atom is -0.493 e. The Labute approximate surface area is 203 Å². The molecular weight excluding hydrogens is 543 g/mol. The number of nitrogens with zero attached hydrogens (tertiary/aromatic N) is 1. The van der Waals surface area contributed by atoms with Gasteiger partial charge in [-0.25, -0.2) is 9.69 Å². The van der Waals surface area contributed by atoms with Crippen molar-refractivity contribution < 1.29 is 33.3 Å². The minimum atomic E-state index is -0.842. The maximum atomic E-state index is 13.2. The number of carbonyl (C=O) groups is 3. The zero-order valence-corrected chi connectivity index (χ0v) is 20.3. The van der Waals surface area contributed by atoms with Crippen LogP contribution in [0.1, 0.15) is 25.8 Å². The fourth-order valence-corrected chi connectivity index (χ4v) is 4.06. The van der Waals surface area contributed by atoms with Gasteiger partial charge < -0.3 is 18.9 Å². The van der Waals surface area contributed by atoms with E-state index in [0.29, 0.717) is 28.6 Å². The lowest BCUT2D eigenvalue weighted by molar-refractivity contribution is -0.122. The molecule has 0 saturated carbocycles. The minimum absolute atomic E-state index is 0.0106. The molecule has 0 aromatic heterocycles. The summed E-state index contributed by atoms with van der Waals surface area (Å²) in [5.74, 6) is 0.448. The second-order valence-corrected chi connectivity index (χ2v) is 8.53. The van der Waals surface area contributed by atoms with E-state index in [1.807, 2.05) is 13.8 Å². The molecule has 4 rings (SSSR count). The Balaban J connectivity index is 1.70. The van der Waals surface area contributed by atoms with E-state index in [0.717, 1.165) is 14.9 Å². The van der Waals surface area contributed by atoms with Gasteiger partial charge in [0.05, 0.1) is 22.5 Å². The third-order valence-electron chi connectivity index (χ3n) is 5.17. The highest BCUT2D eigenvalue weighted by Gasteiger charge is 2.37. The number of methoxy groups -OCH3 is 1. The maximum absolute atomic E-state index is 13.2. The van der Waals surface area contributed by atoms with Crippen LogP contribution >= 0.6 is 22.6 Å². The molecule has 0 spiro atoms. The van der Waals surface area contributed by atoms with Crippen molar-refractivity contribution in [1.82, 2.24) is 5.32 Å². The number of carbonyl (C=O) groups excluding carboxylic acids is 3. The Morgan fingerprint density at radius 2 is 1.94 bits per heavy atom. The molecule has 1 atom stereocenters. The summed E-state index contributed by atoms with van der Waals surface area (Å²) < 4.78 is 22.8. The lowest BCUT2D eigenvalue weighted by atomic mass is 10.1. The van der Waals surface area contributed by atoms with E-state index >= 15 is 0 Å². The second kappa shape index (κ2) is 9.30. The molecule has 1 fully saturated rings. The molecule has 2 aromatic rings. The highest BCUT2D eigenvalue weighted by Crippen LogP contribution is 2.38. The Morgan fingerprint density at radius 3 is 2.67 bits per heavy atom. The van der Waals surface area contributed by atoms with Crippen molar-refractivity contribution in [2.24, 2.45) is 0 Å². The third kappa shape index (κ3) is 4.47. The van der Waals surface area contributed by atoms with Crippen LogP contribution < -0.4 is 29.2 Å². The van der Waals surface area contributed by atoms with Crippen molar-refractivity contribution in [2.75, 3.05) is 18.8 Å². The fourth-order valence-electron chi connectivity index (χ4n) is 3.30. The van der Waals surface area contributed by atoms with Crippen molar-refractivity contribution in [3.63, 3.8) is 0 Å². The van der Waals surface area contributed by atoms with Crippen molar-refractivity contribution in [1.29, 1.82) is 0 Å². The smallest absolute Gasteiger partial charge is 0.335 e. The number of benzene rings is 2. The van der Waals surface area contributed by atoms with E-state index < -0.39 is 17.8 Å². The molecule has 10 heteroatoms. The van der Waals surface area contributed by atoms with Gasteiger partial charge in [-0.1, -0.05) is 6.92 Å². The standard InChI is InChI=1S/C23H21IN2O7/c1-4-12(2)33-20-16(24)8-13(9-19(20)30-3)7-15-21(27)25-23(29)26(22(15)28)14-5-6-17-18(10-14)32-11-31-17/h5-10,12H,4,11H2,1-3H3,(H,25,27,29)/b15-7+/t12-/m0/s1. The van der Waals surface area contributed by atoms with Gasteiger partial charge in [0.25, 0.3) is 11.8 Å². The number of rotatable bonds is 6. The average Bonchev–Trinajstić information content (AvgIpc) is 3.26. The number of urea groups is 1. The molecule has 172 valence electrons. The molecule has 2 aromatic carbocycles. The van der Waals surface area contributed by atoms with Gasteiger partial charge in [-0.3, -0.25) is 14.9 Å². The van der Waals surface area contributed by atoms with Crippen LogP contribution in [0.4, 0.5) is 10.5 Å². The summed E-state index contributed by atoms with van der Waals surface area (Å²) in [6.07, 6.45) is 2.23. The molecule has 33 heavy (non-hydrogen) atoms. The van der Waals surface area contributed by atoms with Gasteiger partial charge >= 0.3 is 6.03 Å². The normalized spacial score (nSPS) is 17.3. The van der Waals surface area contributed by atoms with Crippen LogP contribution in [0.5, 0.6) is 23.0 Å². The number of amides is 4. The molecule has 0 aliphatic carbocycles. The number of barbiturate groups is 1. The zero-order valence-electron chi connectivity index (χ0n) is 18.1. The molecular formula is C23H21IN2O7. The highest BCUT2D eigenvalue weighted by atomic mass is 127. The number of hydrogen-bond donors (Lipinski definition) is 1. The van der Waals surface area contributed by atoms with Crippen LogP contribution in [0.25, 0.3) is 6.08 Å². The lowest BCUT2D eigenvalue weighted by Crippen LogP contribution is -2.54. The quantitative estimate of drug-likeness (QED) is 0.323. The summed E-state index contributed by atoms with van der Waals surface area (Å²) in [5, 5.41) is 2.21. The first-order valence-corrected chi connectivity index (χ1v) is 11.3. The zero-order chi connectivity index (χ0) is 23.7. The molecule has 2 heterocycles. The summed E-state index contributed by atoms with van der Waals surface area (Å²) in [5.41, 5.74) is 0.608. The van der Waals surface area contributed by atoms with Crippen LogP contribution in [0.2, 0.25) is 0 Å². The van der Waals surface area contributed by atoms with Gasteiger partial charge in [-0.05, 0) is 71.8 Å². The van der Waals surface area contributed by atoms with Crippen molar-refractivity contribution in [3.05, 3.63) is 45.0 Å². The number of imide groups is 2. The first kappa shape index (κ1) is 22.9. The molecule has 0 radical (unpaired) electrons. The number of anilines is 1. The van der Waals surface area contributed by atoms with Crippen molar-refractivity contribution >= 4 is 52.2 Å². The summed E-state index contributed by atoms with van der Waals surface area (Å²) in [6.45, 7) is 4.03. The molecule has 0 unspecified atom stereocenters. The summed E-state index contributed by atoms with van der Waals surface area (Å²) in [4.78, 5) is 39.1. The molecule has 2 aliphatic rings. The summed E-state index contributed by atoms with van der Waals surface area (Å²) >= 11 is 2.11. The van der Waals surface area contributed by atoms with E-state index in [1.165, 1.54) is 19.3 Å². The number of ether oxygens (including phenoxy) is 4. The van der Waals surface area contributed by atoms with Crippen molar-refractivity contribution in [3.8, 4) is 23.0 Å². The molecule has 1 N–H and O–H groups in total. The van der Waals surface area contributed by atoms with Gasteiger partial charge in [-0.2, -0.15) is 0 Å². The van der Waals surface area contributed by atoms with E-state index in [9.17, 15) is 14.4 Å². The van der Waals surface area contributed by atoms with Crippen molar-refractivity contribution in [2.45, 2.75) is 26.4 Å². The predicted octanol–water partition coefficient (Wildman–Crippen LogP) is 3.87. The van der Waals surface area contributed by atoms with E-state index in [2.05, 4.69) is 27.9 Å². The third-order valence-corrected chi connectivity index (χ3v) is 5.97. The summed E-state index contributed by atoms with van der Waals surface area (Å²) in [6, 6.07) is 7.27. The SMILES string of the molecule is CC[C@H](C)Oc1c(I)cc(/C=C2\C(=O)NC(=O)N(c3ccc4c(c3)OCO4)C2=O)cc1OC. The molecule has 9 nitrogen and oxygen atoms in total. The predicted molar refractivity (Wildman–Crippen MR) is 128 cm³/mol. The van der Waals surface area contributed by atoms with E-state index in [1.54, 1.807) is 24.3 Å². The van der Waals surface area contributed by atoms with Gasteiger partial charge in [0.15, 0.2) is 23.0 Å². The topological polar surface area (TPSA) is 103 Å². The number of fused-ring (bicyclic) bond motifs is 1. The average molecular weight is 564 g/mol. The number of halogens is 1.